The van der Waals surface area contributed by atoms with Crippen LogP contribution in [0, 0.1) is 0 Å². The fourth-order valence-electron chi connectivity index (χ4n) is 1.84. The van der Waals surface area contributed by atoms with E-state index in [1.807, 2.05) is 6.92 Å². The van der Waals surface area contributed by atoms with E-state index in [1.54, 1.807) is 11.1 Å². The summed E-state index contributed by atoms with van der Waals surface area (Å²) in [5.41, 5.74) is 4.95. The first kappa shape index (κ1) is 10.3. The normalized spacial score (nSPS) is 26.6. The van der Waals surface area contributed by atoms with Crippen LogP contribution >= 0.6 is 11.5 Å². The van der Waals surface area contributed by atoms with Gasteiger partial charge in [0.05, 0.1) is 16.6 Å². The van der Waals surface area contributed by atoms with Crippen molar-refractivity contribution in [1.29, 1.82) is 0 Å². The minimum absolute atomic E-state index is 0.396. The summed E-state index contributed by atoms with van der Waals surface area (Å²) >= 11 is 1.30. The van der Waals surface area contributed by atoms with Gasteiger partial charge in [-0.2, -0.15) is 0 Å². The zero-order valence-electron chi connectivity index (χ0n) is 8.43. The molecule has 3 N–H and O–H groups in total. The van der Waals surface area contributed by atoms with E-state index in [0.717, 1.165) is 11.4 Å². The third-order valence-corrected chi connectivity index (χ3v) is 3.65. The maximum Gasteiger partial charge on any atom is 0.315 e. The van der Waals surface area contributed by atoms with Gasteiger partial charge in [0, 0.05) is 19.6 Å². The molecule has 0 saturated carbocycles. The molecular weight excluding hydrogens is 214 g/mol. The number of carbonyl (C=O) groups excluding carboxylic acids is 1. The summed E-state index contributed by atoms with van der Waals surface area (Å²) in [5, 5.41) is 7.05. The first-order valence-corrected chi connectivity index (χ1v) is 5.47. The van der Waals surface area contributed by atoms with E-state index < -0.39 is 11.6 Å². The fraction of sp³-hybridized carbons (Fsp3) is 0.625. The lowest BCUT2D eigenvalue weighted by Gasteiger charge is -2.43. The fourth-order valence-corrected chi connectivity index (χ4v) is 2.50. The lowest BCUT2D eigenvalue weighted by molar-refractivity contribution is 0.108. The predicted octanol–water partition coefficient (Wildman–Crippen LogP) is -0.263. The van der Waals surface area contributed by atoms with Gasteiger partial charge in [0.15, 0.2) is 0 Å². The quantitative estimate of drug-likeness (QED) is 0.692. The number of hydrogen-bond donors (Lipinski definition) is 2. The molecule has 82 valence electrons. The third kappa shape index (κ3) is 1.68. The summed E-state index contributed by atoms with van der Waals surface area (Å²) in [5.74, 6) is 0. The summed E-state index contributed by atoms with van der Waals surface area (Å²) in [7, 11) is 0. The molecule has 2 rings (SSSR count). The number of piperazine rings is 1. The maximum atomic E-state index is 11.3. The van der Waals surface area contributed by atoms with Crippen molar-refractivity contribution < 1.29 is 4.79 Å². The molecule has 2 heterocycles. The van der Waals surface area contributed by atoms with Crippen LogP contribution in [0.1, 0.15) is 11.8 Å². The van der Waals surface area contributed by atoms with Gasteiger partial charge < -0.3 is 16.0 Å². The van der Waals surface area contributed by atoms with Crippen LogP contribution in [-0.4, -0.2) is 40.2 Å². The minimum atomic E-state index is -0.418. The van der Waals surface area contributed by atoms with Crippen molar-refractivity contribution >= 4 is 17.6 Å². The Hall–Kier alpha value is -1.21. The molecule has 0 spiro atoms. The highest BCUT2D eigenvalue weighted by molar-refractivity contribution is 7.05. The summed E-state index contributed by atoms with van der Waals surface area (Å²) in [4.78, 5) is 14.0. The van der Waals surface area contributed by atoms with E-state index in [4.69, 9.17) is 5.73 Å². The van der Waals surface area contributed by atoms with Gasteiger partial charge in [0.2, 0.25) is 0 Å². The molecule has 1 saturated heterocycles. The van der Waals surface area contributed by atoms with Gasteiger partial charge in [-0.3, -0.25) is 0 Å². The molecule has 0 aliphatic carbocycles. The van der Waals surface area contributed by atoms with E-state index in [9.17, 15) is 4.79 Å². The Kier molecular flexibility index (Phi) is 2.57. The summed E-state index contributed by atoms with van der Waals surface area (Å²) < 4.78 is 3.82. The first-order valence-electron chi connectivity index (χ1n) is 4.70. The van der Waals surface area contributed by atoms with Crippen molar-refractivity contribution in [3.05, 3.63) is 11.1 Å². The maximum absolute atomic E-state index is 11.3. The second kappa shape index (κ2) is 3.74. The SMILES string of the molecule is CC1(c2cnns2)CNCCN1C(N)=O. The molecule has 0 radical (unpaired) electrons. The molecular formula is C8H13N5OS. The van der Waals surface area contributed by atoms with Crippen molar-refractivity contribution in [3.8, 4) is 0 Å². The zero-order valence-corrected chi connectivity index (χ0v) is 9.25. The molecule has 1 atom stereocenters. The smallest absolute Gasteiger partial charge is 0.315 e. The predicted molar refractivity (Wildman–Crippen MR) is 56.4 cm³/mol. The van der Waals surface area contributed by atoms with Crippen molar-refractivity contribution in [2.75, 3.05) is 19.6 Å². The molecule has 15 heavy (non-hydrogen) atoms. The Morgan fingerprint density at radius 1 is 1.80 bits per heavy atom. The van der Waals surface area contributed by atoms with Crippen LogP contribution in [0.2, 0.25) is 0 Å². The monoisotopic (exact) mass is 227 g/mol. The van der Waals surface area contributed by atoms with Gasteiger partial charge in [-0.15, -0.1) is 5.10 Å². The van der Waals surface area contributed by atoms with E-state index in [1.165, 1.54) is 11.5 Å². The molecule has 1 unspecified atom stereocenters. The Morgan fingerprint density at radius 2 is 2.60 bits per heavy atom. The average molecular weight is 227 g/mol. The number of amides is 2. The van der Waals surface area contributed by atoms with Crippen LogP contribution in [0.15, 0.2) is 6.20 Å². The van der Waals surface area contributed by atoms with E-state index >= 15 is 0 Å². The lowest BCUT2D eigenvalue weighted by atomic mass is 9.96. The van der Waals surface area contributed by atoms with Crippen LogP contribution in [0.5, 0.6) is 0 Å². The number of nitrogens with zero attached hydrogens (tertiary/aromatic N) is 3. The molecule has 6 nitrogen and oxygen atoms in total. The van der Waals surface area contributed by atoms with Crippen LogP contribution < -0.4 is 11.1 Å². The van der Waals surface area contributed by atoms with Crippen molar-refractivity contribution in [3.63, 3.8) is 0 Å². The number of nitrogens with one attached hydrogen (secondary N) is 1. The molecule has 0 aromatic carbocycles. The zero-order chi connectivity index (χ0) is 10.9. The van der Waals surface area contributed by atoms with Crippen LogP contribution in [0.25, 0.3) is 0 Å². The van der Waals surface area contributed by atoms with Gasteiger partial charge >= 0.3 is 6.03 Å². The highest BCUT2D eigenvalue weighted by Gasteiger charge is 2.39. The average Bonchev–Trinajstić information content (AvgIpc) is 2.71. The molecule has 7 heteroatoms. The Labute approximate surface area is 91.6 Å². The lowest BCUT2D eigenvalue weighted by Crippen LogP contribution is -2.60. The van der Waals surface area contributed by atoms with Crippen LogP contribution in [0.3, 0.4) is 0 Å². The Bertz CT molecular complexity index is 354. The highest BCUT2D eigenvalue weighted by Crippen LogP contribution is 2.30. The number of rotatable bonds is 1. The van der Waals surface area contributed by atoms with E-state index in [-0.39, 0.29) is 0 Å². The van der Waals surface area contributed by atoms with Gasteiger partial charge in [-0.05, 0) is 18.5 Å². The van der Waals surface area contributed by atoms with Gasteiger partial charge in [0.25, 0.3) is 0 Å². The number of primary amides is 1. The highest BCUT2D eigenvalue weighted by atomic mass is 32.1. The van der Waals surface area contributed by atoms with Crippen LogP contribution in [-0.2, 0) is 5.54 Å². The molecule has 2 amide bonds. The van der Waals surface area contributed by atoms with Crippen molar-refractivity contribution in [2.24, 2.45) is 5.73 Å². The second-order valence-electron chi connectivity index (χ2n) is 3.72. The minimum Gasteiger partial charge on any atom is -0.351 e. The summed E-state index contributed by atoms with van der Waals surface area (Å²) in [6, 6.07) is -0.396. The third-order valence-electron chi connectivity index (χ3n) is 2.74. The topological polar surface area (TPSA) is 84.1 Å². The number of hydrogen-bond acceptors (Lipinski definition) is 5. The summed E-state index contributed by atoms with van der Waals surface area (Å²) in [6.45, 7) is 4.04. The molecule has 1 aromatic heterocycles. The van der Waals surface area contributed by atoms with Gasteiger partial charge in [0.1, 0.15) is 0 Å². The van der Waals surface area contributed by atoms with E-state index in [0.29, 0.717) is 13.1 Å². The number of urea groups is 1. The summed E-state index contributed by atoms with van der Waals surface area (Å²) in [6.07, 6.45) is 1.69. The standard InChI is InChI=1S/C8H13N5OS/c1-8(6-4-11-12-15-6)5-10-2-3-13(8)7(9)14/h4,10H,2-3,5H2,1H3,(H2,9,14). The number of carbonyl (C=O) groups is 1. The molecule has 1 aromatic rings. The first-order chi connectivity index (χ1) is 7.14. The van der Waals surface area contributed by atoms with Crippen molar-refractivity contribution in [2.45, 2.75) is 12.5 Å². The molecule has 1 aliphatic rings. The Morgan fingerprint density at radius 3 is 3.20 bits per heavy atom. The van der Waals surface area contributed by atoms with Crippen molar-refractivity contribution in [1.82, 2.24) is 19.8 Å². The molecule has 0 bridgehead atoms. The largest absolute Gasteiger partial charge is 0.351 e. The molecule has 1 fully saturated rings. The number of aromatic nitrogens is 2. The molecule has 1 aliphatic heterocycles. The Balaban J connectivity index is 2.34. The van der Waals surface area contributed by atoms with E-state index in [2.05, 4.69) is 14.9 Å². The number of nitrogens with two attached hydrogens (primary N) is 1. The van der Waals surface area contributed by atoms with Crippen LogP contribution in [0.4, 0.5) is 4.79 Å². The second-order valence-corrected chi connectivity index (χ2v) is 4.51. The van der Waals surface area contributed by atoms with Gasteiger partial charge in [-0.1, -0.05) is 4.49 Å². The van der Waals surface area contributed by atoms with Gasteiger partial charge in [-0.25, -0.2) is 4.79 Å².